The number of amides is 1. The van der Waals surface area contributed by atoms with E-state index in [2.05, 4.69) is 21.0 Å². The van der Waals surface area contributed by atoms with E-state index < -0.39 is 0 Å². The van der Waals surface area contributed by atoms with Crippen LogP contribution in [0.15, 0.2) is 17.1 Å². The Labute approximate surface area is 124 Å². The van der Waals surface area contributed by atoms with Crippen LogP contribution in [0.4, 0.5) is 5.69 Å². The predicted octanol–water partition coefficient (Wildman–Crippen LogP) is -0.0666. The first-order valence-electron chi connectivity index (χ1n) is 7.44. The van der Waals surface area contributed by atoms with Gasteiger partial charge in [-0.1, -0.05) is 12.8 Å². The van der Waals surface area contributed by atoms with Crippen molar-refractivity contribution in [1.82, 2.24) is 20.4 Å². The summed E-state index contributed by atoms with van der Waals surface area (Å²) in [4.78, 5) is 23.8. The summed E-state index contributed by atoms with van der Waals surface area (Å²) in [6.07, 6.45) is 5.96. The maximum atomic E-state index is 11.9. The molecular formula is C14H23N5O2. The first-order valence-corrected chi connectivity index (χ1v) is 7.44. The molecule has 0 radical (unpaired) electrons. The fraction of sp³-hybridized carbons (Fsp3) is 0.643. The van der Waals surface area contributed by atoms with E-state index in [4.69, 9.17) is 0 Å². The molecule has 1 heterocycles. The number of carbonyl (C=O) groups excluding carboxylic acids is 1. The Morgan fingerprint density at radius 2 is 2.14 bits per heavy atom. The van der Waals surface area contributed by atoms with Crippen molar-refractivity contribution in [3.8, 4) is 0 Å². The first-order chi connectivity index (χ1) is 10.2. The van der Waals surface area contributed by atoms with Crippen LogP contribution in [0.2, 0.25) is 0 Å². The summed E-state index contributed by atoms with van der Waals surface area (Å²) in [7, 11) is 1.86. The van der Waals surface area contributed by atoms with Crippen LogP contribution in [0.3, 0.4) is 0 Å². The molecule has 1 fully saturated rings. The molecule has 0 saturated heterocycles. The van der Waals surface area contributed by atoms with E-state index >= 15 is 0 Å². The maximum absolute atomic E-state index is 11.9. The minimum absolute atomic E-state index is 0.0217. The van der Waals surface area contributed by atoms with Crippen LogP contribution in [0.1, 0.15) is 25.7 Å². The van der Waals surface area contributed by atoms with Crippen LogP contribution in [0.25, 0.3) is 0 Å². The number of anilines is 1. The van der Waals surface area contributed by atoms with E-state index in [0.717, 1.165) is 32.2 Å². The van der Waals surface area contributed by atoms with Crippen LogP contribution in [-0.2, 0) is 11.3 Å². The third-order valence-corrected chi connectivity index (χ3v) is 3.59. The molecule has 7 nitrogen and oxygen atoms in total. The average Bonchev–Trinajstić information content (AvgIpc) is 2.95. The smallest absolute Gasteiger partial charge is 0.269 e. The summed E-state index contributed by atoms with van der Waals surface area (Å²) >= 11 is 0. The number of nitrogens with zero attached hydrogens (tertiary/aromatic N) is 2. The zero-order chi connectivity index (χ0) is 15.1. The van der Waals surface area contributed by atoms with Gasteiger partial charge in [-0.25, -0.2) is 4.68 Å². The highest BCUT2D eigenvalue weighted by Crippen LogP contribution is 2.17. The van der Waals surface area contributed by atoms with Crippen LogP contribution < -0.4 is 21.5 Å². The summed E-state index contributed by atoms with van der Waals surface area (Å²) in [5.74, 6) is -0.146. The predicted molar refractivity (Wildman–Crippen MR) is 81.3 cm³/mol. The average molecular weight is 293 g/mol. The van der Waals surface area contributed by atoms with Gasteiger partial charge in [0.25, 0.3) is 5.56 Å². The van der Waals surface area contributed by atoms with Crippen molar-refractivity contribution in [3.63, 3.8) is 0 Å². The molecule has 1 amide bonds. The number of rotatable bonds is 7. The molecule has 1 aliphatic carbocycles. The number of aromatic nitrogens is 2. The molecule has 7 heteroatoms. The monoisotopic (exact) mass is 293 g/mol. The number of nitrogens with one attached hydrogen (secondary N) is 3. The number of hydrogen-bond donors (Lipinski definition) is 3. The zero-order valence-corrected chi connectivity index (χ0v) is 12.4. The normalized spacial score (nSPS) is 15.1. The van der Waals surface area contributed by atoms with Crippen molar-refractivity contribution in [2.75, 3.05) is 25.5 Å². The molecule has 21 heavy (non-hydrogen) atoms. The Balaban J connectivity index is 1.87. The highest BCUT2D eigenvalue weighted by atomic mass is 16.2. The van der Waals surface area contributed by atoms with Gasteiger partial charge in [0.2, 0.25) is 5.91 Å². The Hall–Kier alpha value is -1.89. The molecular weight excluding hydrogens is 270 g/mol. The van der Waals surface area contributed by atoms with Gasteiger partial charge in [-0.3, -0.25) is 9.59 Å². The lowest BCUT2D eigenvalue weighted by Crippen LogP contribution is -2.38. The van der Waals surface area contributed by atoms with Crippen LogP contribution in [0, 0.1) is 0 Å². The van der Waals surface area contributed by atoms with Gasteiger partial charge in [-0.15, -0.1) is 0 Å². The standard InChI is InChI=1S/C14H23N5O2/c1-15-6-7-16-12-8-14(21)19(17-9-12)10-13(20)18-11-4-2-3-5-11/h8-9,11,15-16H,2-7,10H2,1H3,(H,18,20). The second kappa shape index (κ2) is 7.78. The molecule has 2 rings (SSSR count). The molecule has 3 N–H and O–H groups in total. The van der Waals surface area contributed by atoms with E-state index in [1.807, 2.05) is 7.05 Å². The Morgan fingerprint density at radius 1 is 1.38 bits per heavy atom. The highest BCUT2D eigenvalue weighted by Gasteiger charge is 2.17. The summed E-state index contributed by atoms with van der Waals surface area (Å²) in [6, 6.07) is 1.72. The minimum Gasteiger partial charge on any atom is -0.382 e. The molecule has 1 aromatic heterocycles. The molecule has 1 aromatic rings. The minimum atomic E-state index is -0.272. The molecule has 0 unspecified atom stereocenters. The lowest BCUT2D eigenvalue weighted by molar-refractivity contribution is -0.122. The van der Waals surface area contributed by atoms with Crippen LogP contribution in [-0.4, -0.2) is 41.9 Å². The third-order valence-electron chi connectivity index (χ3n) is 3.59. The topological polar surface area (TPSA) is 88.1 Å². The van der Waals surface area contributed by atoms with Gasteiger partial charge in [-0.05, 0) is 19.9 Å². The van der Waals surface area contributed by atoms with Crippen LogP contribution >= 0.6 is 0 Å². The molecule has 0 spiro atoms. The van der Waals surface area contributed by atoms with E-state index in [1.54, 1.807) is 6.20 Å². The van der Waals surface area contributed by atoms with Gasteiger partial charge in [-0.2, -0.15) is 5.10 Å². The summed E-state index contributed by atoms with van der Waals surface area (Å²) in [5, 5.41) is 13.1. The van der Waals surface area contributed by atoms with Gasteiger partial charge >= 0.3 is 0 Å². The number of likely N-dealkylation sites (N-methyl/N-ethyl adjacent to an activating group) is 1. The second-order valence-corrected chi connectivity index (χ2v) is 5.32. The van der Waals surface area contributed by atoms with Gasteiger partial charge in [0.15, 0.2) is 0 Å². The van der Waals surface area contributed by atoms with Crippen LogP contribution in [0.5, 0.6) is 0 Å². The van der Waals surface area contributed by atoms with Gasteiger partial charge in [0, 0.05) is 25.2 Å². The highest BCUT2D eigenvalue weighted by molar-refractivity contribution is 5.76. The molecule has 0 bridgehead atoms. The third kappa shape index (κ3) is 4.86. The largest absolute Gasteiger partial charge is 0.382 e. The SMILES string of the molecule is CNCCNc1cnn(CC(=O)NC2CCCC2)c(=O)c1. The maximum Gasteiger partial charge on any atom is 0.269 e. The van der Waals surface area contributed by atoms with Gasteiger partial charge < -0.3 is 16.0 Å². The molecule has 1 aliphatic rings. The zero-order valence-electron chi connectivity index (χ0n) is 12.4. The lowest BCUT2D eigenvalue weighted by atomic mass is 10.2. The quantitative estimate of drug-likeness (QED) is 0.613. The van der Waals surface area contributed by atoms with Crippen molar-refractivity contribution in [2.24, 2.45) is 0 Å². The number of carbonyl (C=O) groups is 1. The molecule has 0 atom stereocenters. The Bertz CT molecular complexity index is 522. The fourth-order valence-electron chi connectivity index (χ4n) is 2.46. The second-order valence-electron chi connectivity index (χ2n) is 5.32. The lowest BCUT2D eigenvalue weighted by Gasteiger charge is -2.12. The molecule has 1 saturated carbocycles. The summed E-state index contributed by atoms with van der Waals surface area (Å²) in [5.41, 5.74) is 0.397. The first kappa shape index (κ1) is 15.5. The van der Waals surface area contributed by atoms with E-state index in [0.29, 0.717) is 12.2 Å². The van der Waals surface area contributed by atoms with Crippen molar-refractivity contribution in [3.05, 3.63) is 22.6 Å². The molecule has 116 valence electrons. The Kier molecular flexibility index (Phi) is 5.74. The van der Waals surface area contributed by atoms with Crippen molar-refractivity contribution in [1.29, 1.82) is 0 Å². The molecule has 0 aliphatic heterocycles. The summed E-state index contributed by atoms with van der Waals surface area (Å²) < 4.78 is 1.19. The van der Waals surface area contributed by atoms with Crippen molar-refractivity contribution in [2.45, 2.75) is 38.3 Å². The van der Waals surface area contributed by atoms with Gasteiger partial charge in [0.1, 0.15) is 6.54 Å². The van der Waals surface area contributed by atoms with E-state index in [1.165, 1.54) is 10.7 Å². The van der Waals surface area contributed by atoms with Crippen molar-refractivity contribution < 1.29 is 4.79 Å². The van der Waals surface area contributed by atoms with Gasteiger partial charge in [0.05, 0.1) is 11.9 Å². The van der Waals surface area contributed by atoms with Crippen molar-refractivity contribution >= 4 is 11.6 Å². The van der Waals surface area contributed by atoms with E-state index in [-0.39, 0.29) is 24.1 Å². The molecule has 0 aromatic carbocycles. The number of hydrogen-bond acceptors (Lipinski definition) is 5. The van der Waals surface area contributed by atoms with E-state index in [9.17, 15) is 9.59 Å². The Morgan fingerprint density at radius 3 is 2.81 bits per heavy atom. The summed E-state index contributed by atoms with van der Waals surface area (Å²) in [6.45, 7) is 1.49. The fourth-order valence-corrected chi connectivity index (χ4v) is 2.46.